The van der Waals surface area contributed by atoms with E-state index in [-0.39, 0.29) is 10.8 Å². The second kappa shape index (κ2) is 4.21. The lowest BCUT2D eigenvalue weighted by Crippen LogP contribution is -2.36. The van der Waals surface area contributed by atoms with Crippen LogP contribution < -0.4 is 4.90 Å². The summed E-state index contributed by atoms with van der Waals surface area (Å²) in [5.74, 6) is -0.474. The number of ether oxygens (including phenoxy) is 1. The van der Waals surface area contributed by atoms with E-state index in [1.807, 2.05) is 23.6 Å². The van der Waals surface area contributed by atoms with Gasteiger partial charge in [0.05, 0.1) is 0 Å². The summed E-state index contributed by atoms with van der Waals surface area (Å²) in [4.78, 5) is 25.4. The van der Waals surface area contributed by atoms with Gasteiger partial charge in [0.1, 0.15) is 5.69 Å². The molecule has 0 atom stereocenters. The van der Waals surface area contributed by atoms with Crippen molar-refractivity contribution in [3.8, 4) is 5.06 Å². The van der Waals surface area contributed by atoms with Crippen LogP contribution in [0, 0.1) is 0 Å². The van der Waals surface area contributed by atoms with E-state index in [4.69, 9.17) is 4.74 Å². The van der Waals surface area contributed by atoms with E-state index in [0.717, 1.165) is 31.0 Å². The monoisotopic (exact) mass is 333 g/mol. The second-order valence-electron chi connectivity index (χ2n) is 5.58. The lowest BCUT2D eigenvalue weighted by molar-refractivity contribution is -0.127. The van der Waals surface area contributed by atoms with E-state index in [0.29, 0.717) is 5.39 Å². The molecule has 2 amide bonds. The Hall–Kier alpha value is -2.12. The van der Waals surface area contributed by atoms with Gasteiger partial charge in [-0.15, -0.1) is 11.3 Å². The number of fused-ring (bicyclic) bond motifs is 2. The van der Waals surface area contributed by atoms with Crippen molar-refractivity contribution < 1.29 is 19.4 Å². The first kappa shape index (κ1) is 13.5. The number of anilines is 1. The molecule has 3 aromatic rings. The fourth-order valence-electron chi connectivity index (χ4n) is 2.60. The number of aromatic hydroxyl groups is 1. The highest BCUT2D eigenvalue weighted by molar-refractivity contribution is 7.22. The van der Waals surface area contributed by atoms with Crippen molar-refractivity contribution in [2.75, 3.05) is 4.90 Å². The summed E-state index contributed by atoms with van der Waals surface area (Å²) < 4.78 is 7.03. The SMILES string of the molecule is CC1(C)OC(=O)N(c2c(O)sc3cc4sccc4cc23)C1=O. The van der Waals surface area contributed by atoms with Crippen LogP contribution in [0.4, 0.5) is 10.5 Å². The minimum atomic E-state index is -1.22. The maximum absolute atomic E-state index is 12.4. The fourth-order valence-corrected chi connectivity index (χ4v) is 4.43. The molecular formula is C15H11NO4S2. The van der Waals surface area contributed by atoms with Crippen molar-refractivity contribution in [2.24, 2.45) is 0 Å². The molecule has 1 aromatic carbocycles. The Bertz CT molecular complexity index is 953. The van der Waals surface area contributed by atoms with Gasteiger partial charge in [0.15, 0.2) is 10.7 Å². The highest BCUT2D eigenvalue weighted by Crippen LogP contribution is 2.47. The van der Waals surface area contributed by atoms with E-state index in [1.54, 1.807) is 11.3 Å². The first-order valence-electron chi connectivity index (χ1n) is 6.59. The van der Waals surface area contributed by atoms with Crippen LogP contribution in [0.5, 0.6) is 5.06 Å². The molecule has 0 bridgehead atoms. The van der Waals surface area contributed by atoms with E-state index in [2.05, 4.69) is 0 Å². The number of nitrogens with zero attached hydrogens (tertiary/aromatic N) is 1. The number of amides is 2. The zero-order chi connectivity index (χ0) is 15.6. The van der Waals surface area contributed by atoms with E-state index in [9.17, 15) is 14.7 Å². The molecular weight excluding hydrogens is 322 g/mol. The van der Waals surface area contributed by atoms with Crippen LogP contribution >= 0.6 is 22.7 Å². The number of benzene rings is 1. The maximum atomic E-state index is 12.4. The molecule has 0 saturated carbocycles. The van der Waals surface area contributed by atoms with Crippen LogP contribution in [0.15, 0.2) is 23.6 Å². The molecule has 2 aromatic heterocycles. The Morgan fingerprint density at radius 3 is 2.68 bits per heavy atom. The largest absolute Gasteiger partial charge is 0.498 e. The summed E-state index contributed by atoms with van der Waals surface area (Å²) in [6, 6.07) is 5.81. The number of hydrogen-bond acceptors (Lipinski definition) is 6. The normalized spacial score (nSPS) is 17.6. The summed E-state index contributed by atoms with van der Waals surface area (Å²) in [6.45, 7) is 3.08. The highest BCUT2D eigenvalue weighted by atomic mass is 32.1. The van der Waals surface area contributed by atoms with E-state index in [1.165, 1.54) is 13.8 Å². The van der Waals surface area contributed by atoms with Crippen molar-refractivity contribution in [1.29, 1.82) is 0 Å². The maximum Gasteiger partial charge on any atom is 0.422 e. The molecule has 5 nitrogen and oxygen atoms in total. The van der Waals surface area contributed by atoms with Crippen molar-refractivity contribution in [1.82, 2.24) is 0 Å². The summed E-state index contributed by atoms with van der Waals surface area (Å²) in [6.07, 6.45) is -0.754. The molecule has 22 heavy (non-hydrogen) atoms. The predicted octanol–water partition coefficient (Wildman–Crippen LogP) is 4.08. The number of cyclic esters (lactones) is 1. The number of carbonyl (C=O) groups excluding carboxylic acids is 2. The molecule has 1 fully saturated rings. The fraction of sp³-hybridized carbons (Fsp3) is 0.200. The van der Waals surface area contributed by atoms with Gasteiger partial charge in [-0.3, -0.25) is 4.79 Å². The minimum absolute atomic E-state index is 0.0596. The van der Waals surface area contributed by atoms with Crippen LogP contribution in [-0.4, -0.2) is 22.7 Å². The quantitative estimate of drug-likeness (QED) is 0.728. The second-order valence-corrected chi connectivity index (χ2v) is 7.56. The average Bonchev–Trinajstić information content (AvgIpc) is 3.05. The average molecular weight is 333 g/mol. The Kier molecular flexibility index (Phi) is 2.59. The number of imide groups is 1. The lowest BCUT2D eigenvalue weighted by Gasteiger charge is -2.13. The zero-order valence-corrected chi connectivity index (χ0v) is 13.4. The number of hydrogen-bond donors (Lipinski definition) is 1. The molecule has 1 aliphatic heterocycles. The van der Waals surface area contributed by atoms with Crippen molar-refractivity contribution in [3.05, 3.63) is 23.6 Å². The molecule has 0 spiro atoms. The number of carbonyl (C=O) groups is 2. The molecule has 0 aliphatic carbocycles. The Labute approximate surface area is 133 Å². The van der Waals surface area contributed by atoms with Crippen molar-refractivity contribution in [3.63, 3.8) is 0 Å². The van der Waals surface area contributed by atoms with Crippen molar-refractivity contribution >= 4 is 60.5 Å². The van der Waals surface area contributed by atoms with Gasteiger partial charge in [0.2, 0.25) is 0 Å². The molecule has 1 saturated heterocycles. The van der Waals surface area contributed by atoms with E-state index >= 15 is 0 Å². The van der Waals surface area contributed by atoms with Crippen LogP contribution in [0.25, 0.3) is 20.2 Å². The van der Waals surface area contributed by atoms with Gasteiger partial charge in [0, 0.05) is 14.8 Å². The number of thiophene rings is 2. The topological polar surface area (TPSA) is 66.8 Å². The smallest absolute Gasteiger partial charge is 0.422 e. The molecule has 0 radical (unpaired) electrons. The first-order chi connectivity index (χ1) is 10.4. The predicted molar refractivity (Wildman–Crippen MR) is 86.9 cm³/mol. The van der Waals surface area contributed by atoms with Gasteiger partial charge in [-0.2, -0.15) is 0 Å². The third kappa shape index (κ3) is 1.69. The third-order valence-corrected chi connectivity index (χ3v) is 5.51. The Balaban J connectivity index is 2.00. The van der Waals surface area contributed by atoms with Gasteiger partial charge in [-0.25, -0.2) is 9.69 Å². The van der Waals surface area contributed by atoms with Crippen molar-refractivity contribution in [2.45, 2.75) is 19.4 Å². The molecule has 1 N–H and O–H groups in total. The summed E-state index contributed by atoms with van der Waals surface area (Å²) in [5.41, 5.74) is -1.00. The summed E-state index contributed by atoms with van der Waals surface area (Å²) >= 11 is 2.75. The van der Waals surface area contributed by atoms with E-state index < -0.39 is 17.6 Å². The van der Waals surface area contributed by atoms with Crippen LogP contribution in [0.2, 0.25) is 0 Å². The standard InChI is InChI=1S/C15H11NO4S2/c1-15(2)13(18)16(14(19)20-15)11-8-5-7-3-4-21-9(7)6-10(8)22-12(11)17/h3-6,17H,1-2H3. The van der Waals surface area contributed by atoms with Crippen LogP contribution in [0.1, 0.15) is 13.8 Å². The van der Waals surface area contributed by atoms with Gasteiger partial charge in [-0.05, 0) is 42.8 Å². The lowest BCUT2D eigenvalue weighted by atomic mass is 10.1. The summed E-state index contributed by atoms with van der Waals surface area (Å²) in [5, 5.41) is 13.9. The molecule has 0 unspecified atom stereocenters. The first-order valence-corrected chi connectivity index (χ1v) is 8.28. The molecule has 1 aliphatic rings. The summed E-state index contributed by atoms with van der Waals surface area (Å²) in [7, 11) is 0. The number of rotatable bonds is 1. The molecule has 7 heteroatoms. The van der Waals surface area contributed by atoms with Crippen LogP contribution in [-0.2, 0) is 9.53 Å². The van der Waals surface area contributed by atoms with Gasteiger partial charge in [-0.1, -0.05) is 11.3 Å². The molecule has 112 valence electrons. The van der Waals surface area contributed by atoms with Crippen LogP contribution in [0.3, 0.4) is 0 Å². The Morgan fingerprint density at radius 1 is 1.23 bits per heavy atom. The van der Waals surface area contributed by atoms with Gasteiger partial charge < -0.3 is 9.84 Å². The zero-order valence-electron chi connectivity index (χ0n) is 11.7. The minimum Gasteiger partial charge on any atom is -0.498 e. The third-order valence-electron chi connectivity index (χ3n) is 3.69. The van der Waals surface area contributed by atoms with Gasteiger partial charge >= 0.3 is 6.09 Å². The van der Waals surface area contributed by atoms with Gasteiger partial charge in [0.25, 0.3) is 5.91 Å². The highest BCUT2D eigenvalue weighted by Gasteiger charge is 2.49. The Morgan fingerprint density at radius 2 is 2.00 bits per heavy atom. The molecule has 3 heterocycles. The molecule has 4 rings (SSSR count).